The van der Waals surface area contributed by atoms with Gasteiger partial charge in [0.15, 0.2) is 0 Å². The Bertz CT molecular complexity index is 276. The van der Waals surface area contributed by atoms with Gasteiger partial charge in [0.05, 0.1) is 0 Å². The number of carboxylic acids is 1. The molecule has 0 aromatic heterocycles. The number of hydrogen-bond acceptors (Lipinski definition) is 1. The topological polar surface area (TPSA) is 37.3 Å². The van der Waals surface area contributed by atoms with Gasteiger partial charge >= 0.3 is 5.97 Å². The lowest BCUT2D eigenvalue weighted by Crippen LogP contribution is -2.31. The molecule has 1 spiro atoms. The molecule has 1 N–H and O–H groups in total. The van der Waals surface area contributed by atoms with Gasteiger partial charge in [-0.1, -0.05) is 18.2 Å². The van der Waals surface area contributed by atoms with Crippen LogP contribution in [0.3, 0.4) is 0 Å². The number of carbonyl (C=O) groups is 1. The van der Waals surface area contributed by atoms with Crippen LogP contribution in [0.4, 0.5) is 0 Å². The predicted molar refractivity (Wildman–Crippen MR) is 45.8 cm³/mol. The molecule has 1 unspecified atom stereocenters. The van der Waals surface area contributed by atoms with Gasteiger partial charge in [-0.3, -0.25) is 0 Å². The molecule has 0 saturated heterocycles. The van der Waals surface area contributed by atoms with Crippen molar-refractivity contribution in [2.75, 3.05) is 0 Å². The lowest BCUT2D eigenvalue weighted by Gasteiger charge is -2.39. The van der Waals surface area contributed by atoms with Crippen molar-refractivity contribution in [1.29, 1.82) is 0 Å². The molecule has 2 heteroatoms. The fourth-order valence-corrected chi connectivity index (χ4v) is 2.06. The van der Waals surface area contributed by atoms with E-state index in [1.807, 2.05) is 6.08 Å². The van der Waals surface area contributed by atoms with Crippen molar-refractivity contribution in [2.24, 2.45) is 5.41 Å². The third-order valence-electron chi connectivity index (χ3n) is 2.80. The number of rotatable bonds is 1. The Balaban J connectivity index is 2.11. The largest absolute Gasteiger partial charge is 0.478 e. The first-order chi connectivity index (χ1) is 5.72. The maximum absolute atomic E-state index is 10.5. The summed E-state index contributed by atoms with van der Waals surface area (Å²) in [7, 11) is 0. The lowest BCUT2D eigenvalue weighted by atomic mass is 9.64. The molecule has 2 aliphatic rings. The third-order valence-corrected chi connectivity index (χ3v) is 2.80. The second-order valence-electron chi connectivity index (χ2n) is 3.73. The summed E-state index contributed by atoms with van der Waals surface area (Å²) in [5, 5.41) is 8.66. The normalized spacial score (nSPS) is 32.8. The van der Waals surface area contributed by atoms with E-state index < -0.39 is 5.97 Å². The molecule has 2 nitrogen and oxygen atoms in total. The Kier molecular flexibility index (Phi) is 1.56. The van der Waals surface area contributed by atoms with E-state index in [-0.39, 0.29) is 5.41 Å². The van der Waals surface area contributed by atoms with E-state index in [4.69, 9.17) is 5.11 Å². The van der Waals surface area contributed by atoms with Gasteiger partial charge in [0.2, 0.25) is 0 Å². The lowest BCUT2D eigenvalue weighted by molar-refractivity contribution is -0.133. The quantitative estimate of drug-likeness (QED) is 0.603. The van der Waals surface area contributed by atoms with Gasteiger partial charge in [-0.2, -0.15) is 0 Å². The molecule has 1 atom stereocenters. The molecule has 12 heavy (non-hydrogen) atoms. The highest BCUT2D eigenvalue weighted by atomic mass is 16.4. The molecule has 2 rings (SSSR count). The average Bonchev–Trinajstić information content (AvgIpc) is 2.01. The Morgan fingerprint density at radius 2 is 2.25 bits per heavy atom. The maximum atomic E-state index is 10.5. The van der Waals surface area contributed by atoms with E-state index in [2.05, 4.69) is 12.2 Å². The van der Waals surface area contributed by atoms with Gasteiger partial charge in [-0.15, -0.1) is 0 Å². The van der Waals surface area contributed by atoms with Crippen molar-refractivity contribution < 1.29 is 9.90 Å². The second-order valence-corrected chi connectivity index (χ2v) is 3.73. The SMILES string of the molecule is O=C(O)C1=CC2(CC=CCC2)C1. The molecule has 64 valence electrons. The minimum Gasteiger partial charge on any atom is -0.478 e. The van der Waals surface area contributed by atoms with E-state index in [9.17, 15) is 4.79 Å². The average molecular weight is 164 g/mol. The van der Waals surface area contributed by atoms with E-state index in [1.54, 1.807) is 0 Å². The maximum Gasteiger partial charge on any atom is 0.331 e. The second kappa shape index (κ2) is 2.47. The highest BCUT2D eigenvalue weighted by Gasteiger charge is 2.38. The van der Waals surface area contributed by atoms with Crippen LogP contribution in [0.1, 0.15) is 25.7 Å². The molecule has 0 saturated carbocycles. The Morgan fingerprint density at radius 3 is 2.75 bits per heavy atom. The van der Waals surface area contributed by atoms with E-state index in [1.165, 1.54) is 0 Å². The number of carboxylic acid groups (broad SMARTS) is 1. The minimum atomic E-state index is -0.741. The summed E-state index contributed by atoms with van der Waals surface area (Å²) in [5.74, 6) is -0.741. The fourth-order valence-electron chi connectivity index (χ4n) is 2.06. The molecule has 0 amide bonds. The van der Waals surface area contributed by atoms with Gasteiger partial charge < -0.3 is 5.11 Å². The first-order valence-electron chi connectivity index (χ1n) is 4.32. The Morgan fingerprint density at radius 1 is 1.50 bits per heavy atom. The molecule has 0 bridgehead atoms. The monoisotopic (exact) mass is 164 g/mol. The van der Waals surface area contributed by atoms with Crippen LogP contribution in [0.5, 0.6) is 0 Å². The van der Waals surface area contributed by atoms with Crippen molar-refractivity contribution in [1.82, 2.24) is 0 Å². The zero-order valence-electron chi connectivity index (χ0n) is 6.92. The van der Waals surface area contributed by atoms with Gasteiger partial charge in [0.1, 0.15) is 0 Å². The first-order valence-corrected chi connectivity index (χ1v) is 4.32. The fraction of sp³-hybridized carbons (Fsp3) is 0.500. The van der Waals surface area contributed by atoms with E-state index in [0.717, 1.165) is 25.7 Å². The van der Waals surface area contributed by atoms with Gasteiger partial charge in [-0.25, -0.2) is 4.79 Å². The van der Waals surface area contributed by atoms with Crippen LogP contribution < -0.4 is 0 Å². The van der Waals surface area contributed by atoms with Crippen LogP contribution in [0.25, 0.3) is 0 Å². The van der Waals surface area contributed by atoms with Gasteiger partial charge in [0.25, 0.3) is 0 Å². The molecule has 0 radical (unpaired) electrons. The summed E-state index contributed by atoms with van der Waals surface area (Å²) in [6.07, 6.45) is 10.3. The first kappa shape index (κ1) is 7.59. The zero-order valence-corrected chi connectivity index (χ0v) is 6.92. The van der Waals surface area contributed by atoms with Crippen LogP contribution >= 0.6 is 0 Å². The molecular formula is C10H12O2. The zero-order chi connectivity index (χ0) is 8.60. The summed E-state index contributed by atoms with van der Waals surface area (Å²) in [5.41, 5.74) is 0.827. The summed E-state index contributed by atoms with van der Waals surface area (Å²) < 4.78 is 0. The van der Waals surface area contributed by atoms with E-state index in [0.29, 0.717) is 5.57 Å². The number of allylic oxidation sites excluding steroid dienone is 3. The molecule has 0 fully saturated rings. The van der Waals surface area contributed by atoms with Crippen molar-refractivity contribution in [3.63, 3.8) is 0 Å². The Labute approximate surface area is 71.6 Å². The summed E-state index contributed by atoms with van der Waals surface area (Å²) in [6, 6.07) is 0. The van der Waals surface area contributed by atoms with Crippen LogP contribution in [-0.4, -0.2) is 11.1 Å². The highest BCUT2D eigenvalue weighted by molar-refractivity contribution is 5.88. The van der Waals surface area contributed by atoms with Crippen molar-refractivity contribution in [3.05, 3.63) is 23.8 Å². The van der Waals surface area contributed by atoms with Gasteiger partial charge in [0, 0.05) is 5.57 Å². The number of hydrogen-bond donors (Lipinski definition) is 1. The van der Waals surface area contributed by atoms with Crippen LogP contribution in [0.15, 0.2) is 23.8 Å². The van der Waals surface area contributed by atoms with Crippen LogP contribution in [0.2, 0.25) is 0 Å². The van der Waals surface area contributed by atoms with Crippen molar-refractivity contribution in [2.45, 2.75) is 25.7 Å². The Hall–Kier alpha value is -1.05. The minimum absolute atomic E-state index is 0.225. The third kappa shape index (κ3) is 1.07. The number of aliphatic carboxylic acids is 1. The smallest absolute Gasteiger partial charge is 0.331 e. The summed E-state index contributed by atoms with van der Waals surface area (Å²) in [6.45, 7) is 0. The molecule has 0 aromatic carbocycles. The van der Waals surface area contributed by atoms with Crippen molar-refractivity contribution in [3.8, 4) is 0 Å². The van der Waals surface area contributed by atoms with Crippen molar-refractivity contribution >= 4 is 5.97 Å². The molecule has 2 aliphatic carbocycles. The van der Waals surface area contributed by atoms with Crippen LogP contribution in [-0.2, 0) is 4.79 Å². The predicted octanol–water partition coefficient (Wildman–Crippen LogP) is 2.13. The van der Waals surface area contributed by atoms with Gasteiger partial charge in [-0.05, 0) is 31.1 Å². The molecule has 0 aliphatic heterocycles. The standard InChI is InChI=1S/C10H12O2/c11-9(12)8-6-10(7-8)4-2-1-3-5-10/h1-2,6H,3-5,7H2,(H,11,12). The van der Waals surface area contributed by atoms with E-state index >= 15 is 0 Å². The summed E-state index contributed by atoms with van der Waals surface area (Å²) >= 11 is 0. The van der Waals surface area contributed by atoms with Crippen LogP contribution in [0, 0.1) is 5.41 Å². The highest BCUT2D eigenvalue weighted by Crippen LogP contribution is 2.47. The molecular weight excluding hydrogens is 152 g/mol. The molecule has 0 heterocycles. The molecule has 0 aromatic rings. The summed E-state index contributed by atoms with van der Waals surface area (Å²) in [4.78, 5) is 10.5.